The molecule has 1 heterocycles. The van der Waals surface area contributed by atoms with E-state index in [-0.39, 0.29) is 11.5 Å². The Labute approximate surface area is 125 Å². The Morgan fingerprint density at radius 1 is 1.24 bits per heavy atom. The van der Waals surface area contributed by atoms with E-state index in [4.69, 9.17) is 18.0 Å². The van der Waals surface area contributed by atoms with Gasteiger partial charge in [0.05, 0.1) is 11.0 Å². The maximum atomic E-state index is 13.7. The number of hydrogen-bond donors (Lipinski definition) is 1. The van der Waals surface area contributed by atoms with E-state index in [1.54, 1.807) is 0 Å². The van der Waals surface area contributed by atoms with E-state index >= 15 is 0 Å². The molecule has 0 aromatic heterocycles. The monoisotopic (exact) mass is 338 g/mol. The summed E-state index contributed by atoms with van der Waals surface area (Å²) >= 11 is 4.82. The maximum Gasteiger partial charge on any atom is 0.249 e. The number of halogens is 3. The summed E-state index contributed by atoms with van der Waals surface area (Å²) in [6, 6.07) is -0.131. The van der Waals surface area contributed by atoms with Crippen molar-refractivity contribution in [3.63, 3.8) is 0 Å². The molecule has 1 atom stereocenters. The first-order valence-corrected chi connectivity index (χ1v) is 8.05. The lowest BCUT2D eigenvalue weighted by Crippen LogP contribution is -2.50. The second-order valence-electron chi connectivity index (χ2n) is 4.73. The molecular formula is C12H13F3N2O2S2. The van der Waals surface area contributed by atoms with Gasteiger partial charge in [-0.25, -0.2) is 21.6 Å². The molecule has 0 aliphatic carbocycles. The van der Waals surface area contributed by atoms with Crippen LogP contribution < -0.4 is 5.73 Å². The highest BCUT2D eigenvalue weighted by atomic mass is 32.2. The van der Waals surface area contributed by atoms with Crippen LogP contribution in [-0.4, -0.2) is 30.3 Å². The van der Waals surface area contributed by atoms with Crippen LogP contribution in [0.25, 0.3) is 0 Å². The smallest absolute Gasteiger partial charge is 0.249 e. The minimum absolute atomic E-state index is 0.0544. The highest BCUT2D eigenvalue weighted by Gasteiger charge is 2.38. The van der Waals surface area contributed by atoms with Gasteiger partial charge in [0.1, 0.15) is 17.5 Å². The van der Waals surface area contributed by atoms with E-state index in [2.05, 4.69) is 0 Å². The zero-order valence-electron chi connectivity index (χ0n) is 10.9. The van der Waals surface area contributed by atoms with E-state index in [0.29, 0.717) is 31.4 Å². The van der Waals surface area contributed by atoms with Crippen LogP contribution >= 0.6 is 12.2 Å². The lowest BCUT2D eigenvalue weighted by molar-refractivity contribution is 0.303. The van der Waals surface area contributed by atoms with Crippen LogP contribution in [0.2, 0.25) is 0 Å². The molecule has 1 fully saturated rings. The van der Waals surface area contributed by atoms with Crippen molar-refractivity contribution in [2.24, 2.45) is 5.73 Å². The molecule has 1 aliphatic heterocycles. The van der Waals surface area contributed by atoms with Crippen molar-refractivity contribution in [3.8, 4) is 0 Å². The Bertz CT molecular complexity index is 656. The van der Waals surface area contributed by atoms with Gasteiger partial charge < -0.3 is 5.73 Å². The molecule has 0 spiro atoms. The second kappa shape index (κ2) is 5.90. The van der Waals surface area contributed by atoms with Crippen LogP contribution in [0.1, 0.15) is 19.3 Å². The fourth-order valence-corrected chi connectivity index (χ4v) is 4.45. The molecule has 1 aliphatic rings. The normalized spacial score (nSPS) is 20.4. The number of benzene rings is 1. The van der Waals surface area contributed by atoms with Gasteiger partial charge in [0.2, 0.25) is 10.0 Å². The van der Waals surface area contributed by atoms with Crippen molar-refractivity contribution in [2.45, 2.75) is 30.2 Å². The summed E-state index contributed by atoms with van der Waals surface area (Å²) in [4.78, 5) is -1.23. The van der Waals surface area contributed by atoms with E-state index in [9.17, 15) is 21.6 Å². The van der Waals surface area contributed by atoms with Gasteiger partial charge in [-0.3, -0.25) is 0 Å². The predicted molar refractivity (Wildman–Crippen MR) is 74.6 cm³/mol. The van der Waals surface area contributed by atoms with Gasteiger partial charge in [-0.2, -0.15) is 4.31 Å². The van der Waals surface area contributed by atoms with Gasteiger partial charge in [0, 0.05) is 18.7 Å². The third-order valence-electron chi connectivity index (χ3n) is 3.31. The fraction of sp³-hybridized carbons (Fsp3) is 0.417. The third-order valence-corrected chi connectivity index (χ3v) is 5.54. The Morgan fingerprint density at radius 2 is 1.81 bits per heavy atom. The number of nitrogens with two attached hydrogens (primary N) is 1. The Kier molecular flexibility index (Phi) is 4.54. The molecule has 1 aromatic carbocycles. The highest BCUT2D eigenvalue weighted by molar-refractivity contribution is 7.89. The Balaban J connectivity index is 2.53. The SMILES string of the molecule is NC(=S)C1CCCCN1S(=O)(=O)c1c(F)cc(F)cc1F. The number of sulfonamides is 1. The first-order chi connectivity index (χ1) is 9.75. The molecule has 4 nitrogen and oxygen atoms in total. The Hall–Kier alpha value is -1.19. The van der Waals surface area contributed by atoms with Crippen LogP contribution in [-0.2, 0) is 10.0 Å². The summed E-state index contributed by atoms with van der Waals surface area (Å²) in [6.45, 7) is 0.0561. The zero-order chi connectivity index (χ0) is 15.8. The summed E-state index contributed by atoms with van der Waals surface area (Å²) in [5.41, 5.74) is 5.51. The molecule has 0 bridgehead atoms. The summed E-state index contributed by atoms with van der Waals surface area (Å²) in [5.74, 6) is -4.13. The van der Waals surface area contributed by atoms with Crippen molar-refractivity contribution < 1.29 is 21.6 Å². The molecule has 0 saturated carbocycles. The van der Waals surface area contributed by atoms with E-state index < -0.39 is 38.4 Å². The van der Waals surface area contributed by atoms with Crippen LogP contribution in [0.5, 0.6) is 0 Å². The third kappa shape index (κ3) is 3.04. The number of piperidine rings is 1. The molecule has 1 unspecified atom stereocenters. The van der Waals surface area contributed by atoms with Crippen LogP contribution in [0.15, 0.2) is 17.0 Å². The van der Waals surface area contributed by atoms with E-state index in [0.717, 1.165) is 4.31 Å². The lowest BCUT2D eigenvalue weighted by Gasteiger charge is -2.34. The van der Waals surface area contributed by atoms with Gasteiger partial charge in [-0.05, 0) is 12.8 Å². The summed E-state index contributed by atoms with van der Waals surface area (Å²) in [5, 5.41) is 0. The van der Waals surface area contributed by atoms with Crippen LogP contribution in [0, 0.1) is 17.5 Å². The molecule has 1 saturated heterocycles. The summed E-state index contributed by atoms with van der Waals surface area (Å²) in [6.07, 6.45) is 1.63. The highest BCUT2D eigenvalue weighted by Crippen LogP contribution is 2.29. The standard InChI is InChI=1S/C12H13F3N2O2S2/c13-7-5-8(14)11(9(15)6-7)21(18,19)17-4-2-1-3-10(17)12(16)20/h5-6,10H,1-4H2,(H2,16,20). The molecule has 116 valence electrons. The minimum Gasteiger partial charge on any atom is -0.392 e. The Morgan fingerprint density at radius 3 is 2.33 bits per heavy atom. The average Bonchev–Trinajstić information content (AvgIpc) is 2.37. The number of thiocarbonyl (C=S) groups is 1. The summed E-state index contributed by atoms with van der Waals surface area (Å²) < 4.78 is 66.2. The van der Waals surface area contributed by atoms with Gasteiger partial charge in [-0.15, -0.1) is 0 Å². The molecule has 9 heteroatoms. The van der Waals surface area contributed by atoms with Crippen LogP contribution in [0.4, 0.5) is 13.2 Å². The molecule has 21 heavy (non-hydrogen) atoms. The fourth-order valence-electron chi connectivity index (χ4n) is 2.37. The predicted octanol–water partition coefficient (Wildman–Crippen LogP) is 1.93. The topological polar surface area (TPSA) is 63.4 Å². The average molecular weight is 338 g/mol. The molecule has 0 amide bonds. The first-order valence-electron chi connectivity index (χ1n) is 6.21. The molecule has 2 N–H and O–H groups in total. The van der Waals surface area contributed by atoms with Gasteiger partial charge in [0.15, 0.2) is 4.90 Å². The molecular weight excluding hydrogens is 325 g/mol. The minimum atomic E-state index is -4.49. The van der Waals surface area contributed by atoms with Crippen molar-refractivity contribution >= 4 is 27.2 Å². The summed E-state index contributed by atoms with van der Waals surface area (Å²) in [7, 11) is -4.49. The van der Waals surface area contributed by atoms with Gasteiger partial charge in [-0.1, -0.05) is 18.6 Å². The van der Waals surface area contributed by atoms with Crippen molar-refractivity contribution in [1.29, 1.82) is 0 Å². The van der Waals surface area contributed by atoms with E-state index in [1.165, 1.54) is 0 Å². The van der Waals surface area contributed by atoms with Gasteiger partial charge >= 0.3 is 0 Å². The maximum absolute atomic E-state index is 13.7. The molecule has 2 rings (SSSR count). The number of hydrogen-bond acceptors (Lipinski definition) is 3. The van der Waals surface area contributed by atoms with Crippen molar-refractivity contribution in [2.75, 3.05) is 6.54 Å². The quantitative estimate of drug-likeness (QED) is 0.856. The van der Waals surface area contributed by atoms with E-state index in [1.807, 2.05) is 0 Å². The number of nitrogens with zero attached hydrogens (tertiary/aromatic N) is 1. The lowest BCUT2D eigenvalue weighted by atomic mass is 10.1. The zero-order valence-corrected chi connectivity index (χ0v) is 12.5. The van der Waals surface area contributed by atoms with Crippen molar-refractivity contribution in [3.05, 3.63) is 29.6 Å². The van der Waals surface area contributed by atoms with Crippen LogP contribution in [0.3, 0.4) is 0 Å². The molecule has 0 radical (unpaired) electrons. The number of rotatable bonds is 3. The van der Waals surface area contributed by atoms with Gasteiger partial charge in [0.25, 0.3) is 0 Å². The second-order valence-corrected chi connectivity index (χ2v) is 7.03. The largest absolute Gasteiger partial charge is 0.392 e. The van der Waals surface area contributed by atoms with Crippen molar-refractivity contribution in [1.82, 2.24) is 4.31 Å². The molecule has 1 aromatic rings. The first kappa shape index (κ1) is 16.2.